The van der Waals surface area contributed by atoms with Crippen molar-refractivity contribution in [2.24, 2.45) is 11.3 Å². The van der Waals surface area contributed by atoms with Gasteiger partial charge in [0.1, 0.15) is 0 Å². The SMILES string of the molecule is CC(CC(O)Cc1cncc(Br)c1)C(C)(C)C. The van der Waals surface area contributed by atoms with Gasteiger partial charge in [0.05, 0.1) is 6.10 Å². The molecule has 1 aromatic rings. The van der Waals surface area contributed by atoms with Crippen LogP contribution in [0.25, 0.3) is 0 Å². The fourth-order valence-electron chi connectivity index (χ4n) is 1.68. The average Bonchev–Trinajstić information content (AvgIpc) is 2.15. The van der Waals surface area contributed by atoms with Crippen LogP contribution in [0.1, 0.15) is 39.7 Å². The van der Waals surface area contributed by atoms with Crippen LogP contribution in [-0.4, -0.2) is 16.2 Å². The summed E-state index contributed by atoms with van der Waals surface area (Å²) in [5.41, 5.74) is 1.32. The second-order valence-electron chi connectivity index (χ2n) is 5.87. The van der Waals surface area contributed by atoms with Crippen molar-refractivity contribution in [1.29, 1.82) is 0 Å². The molecular weight excluding hydrogens is 278 g/mol. The number of aliphatic hydroxyl groups is 1. The standard InChI is InChI=1S/C14H22BrNO/c1-10(14(2,3)4)5-13(17)7-11-6-12(15)9-16-8-11/h6,8-10,13,17H,5,7H2,1-4H3. The minimum Gasteiger partial charge on any atom is -0.393 e. The summed E-state index contributed by atoms with van der Waals surface area (Å²) in [4.78, 5) is 4.11. The first-order valence-corrected chi connectivity index (χ1v) is 6.86. The zero-order chi connectivity index (χ0) is 13.1. The summed E-state index contributed by atoms with van der Waals surface area (Å²) in [6.45, 7) is 8.84. The van der Waals surface area contributed by atoms with Crippen molar-refractivity contribution >= 4 is 15.9 Å². The summed E-state index contributed by atoms with van der Waals surface area (Å²) in [5, 5.41) is 10.1. The van der Waals surface area contributed by atoms with Gasteiger partial charge in [0, 0.05) is 16.9 Å². The highest BCUT2D eigenvalue weighted by Crippen LogP contribution is 2.29. The van der Waals surface area contributed by atoms with E-state index in [0.717, 1.165) is 16.5 Å². The van der Waals surface area contributed by atoms with E-state index in [1.807, 2.05) is 12.3 Å². The zero-order valence-electron chi connectivity index (χ0n) is 11.1. The molecular formula is C14H22BrNO. The van der Waals surface area contributed by atoms with Crippen molar-refractivity contribution in [1.82, 2.24) is 4.98 Å². The van der Waals surface area contributed by atoms with E-state index in [2.05, 4.69) is 48.6 Å². The van der Waals surface area contributed by atoms with Gasteiger partial charge in [-0.3, -0.25) is 4.98 Å². The number of aromatic nitrogens is 1. The van der Waals surface area contributed by atoms with E-state index in [4.69, 9.17) is 0 Å². The van der Waals surface area contributed by atoms with Gasteiger partial charge in [-0.25, -0.2) is 0 Å². The highest BCUT2D eigenvalue weighted by molar-refractivity contribution is 9.10. The maximum absolute atomic E-state index is 10.1. The Bertz CT molecular complexity index is 359. The summed E-state index contributed by atoms with van der Waals surface area (Å²) in [5.74, 6) is 0.498. The first kappa shape index (κ1) is 14.7. The molecule has 1 heterocycles. The molecule has 17 heavy (non-hydrogen) atoms. The summed E-state index contributed by atoms with van der Waals surface area (Å²) < 4.78 is 0.964. The lowest BCUT2D eigenvalue weighted by atomic mass is 9.78. The molecule has 2 unspecified atom stereocenters. The van der Waals surface area contributed by atoms with Crippen LogP contribution in [0, 0.1) is 11.3 Å². The van der Waals surface area contributed by atoms with Crippen LogP contribution in [0.4, 0.5) is 0 Å². The normalized spacial score (nSPS) is 15.6. The predicted molar refractivity (Wildman–Crippen MR) is 74.9 cm³/mol. The van der Waals surface area contributed by atoms with Crippen LogP contribution < -0.4 is 0 Å². The molecule has 0 spiro atoms. The summed E-state index contributed by atoms with van der Waals surface area (Å²) in [7, 11) is 0. The molecule has 3 heteroatoms. The molecule has 0 aliphatic carbocycles. The molecule has 0 amide bonds. The number of pyridine rings is 1. The molecule has 0 aliphatic heterocycles. The van der Waals surface area contributed by atoms with Gasteiger partial charge in [-0.1, -0.05) is 27.7 Å². The molecule has 0 saturated carbocycles. The van der Waals surface area contributed by atoms with E-state index in [1.165, 1.54) is 0 Å². The zero-order valence-corrected chi connectivity index (χ0v) is 12.7. The highest BCUT2D eigenvalue weighted by atomic mass is 79.9. The number of nitrogens with zero attached hydrogens (tertiary/aromatic N) is 1. The Morgan fingerprint density at radius 2 is 2.00 bits per heavy atom. The van der Waals surface area contributed by atoms with Crippen LogP contribution in [0.3, 0.4) is 0 Å². The van der Waals surface area contributed by atoms with Crippen molar-refractivity contribution < 1.29 is 5.11 Å². The summed E-state index contributed by atoms with van der Waals surface area (Å²) in [6, 6.07) is 2.01. The van der Waals surface area contributed by atoms with E-state index >= 15 is 0 Å². The minimum absolute atomic E-state index is 0.247. The quantitative estimate of drug-likeness (QED) is 0.917. The van der Waals surface area contributed by atoms with Crippen molar-refractivity contribution in [2.45, 2.75) is 46.6 Å². The first-order chi connectivity index (χ1) is 7.79. The summed E-state index contributed by atoms with van der Waals surface area (Å²) in [6.07, 6.45) is 4.78. The topological polar surface area (TPSA) is 33.1 Å². The molecule has 0 saturated heterocycles. The van der Waals surface area contributed by atoms with E-state index in [9.17, 15) is 5.11 Å². The maximum Gasteiger partial charge on any atom is 0.0583 e. The summed E-state index contributed by atoms with van der Waals surface area (Å²) >= 11 is 3.39. The van der Waals surface area contributed by atoms with Crippen LogP contribution in [-0.2, 0) is 6.42 Å². The molecule has 2 nitrogen and oxygen atoms in total. The second-order valence-corrected chi connectivity index (χ2v) is 6.79. The largest absolute Gasteiger partial charge is 0.393 e. The number of rotatable bonds is 4. The molecule has 1 rings (SSSR count). The second kappa shape index (κ2) is 5.96. The molecule has 1 N–H and O–H groups in total. The predicted octanol–water partition coefficient (Wildman–Crippen LogP) is 3.82. The van der Waals surface area contributed by atoms with Crippen LogP contribution in [0.2, 0.25) is 0 Å². The van der Waals surface area contributed by atoms with E-state index in [1.54, 1.807) is 6.20 Å². The highest BCUT2D eigenvalue weighted by Gasteiger charge is 2.22. The Kier molecular flexibility index (Phi) is 5.14. The Balaban J connectivity index is 2.53. The maximum atomic E-state index is 10.1. The van der Waals surface area contributed by atoms with Gasteiger partial charge in [-0.2, -0.15) is 0 Å². The van der Waals surface area contributed by atoms with Gasteiger partial charge in [0.15, 0.2) is 0 Å². The van der Waals surface area contributed by atoms with E-state index < -0.39 is 0 Å². The number of hydrogen-bond acceptors (Lipinski definition) is 2. The van der Waals surface area contributed by atoms with Crippen LogP contribution in [0.5, 0.6) is 0 Å². The lowest BCUT2D eigenvalue weighted by molar-refractivity contribution is 0.110. The fourth-order valence-corrected chi connectivity index (χ4v) is 2.10. The van der Waals surface area contributed by atoms with E-state index in [0.29, 0.717) is 12.3 Å². The molecule has 0 fully saturated rings. The molecule has 0 aliphatic rings. The number of halogens is 1. The third-order valence-electron chi connectivity index (χ3n) is 3.34. The van der Waals surface area contributed by atoms with Gasteiger partial charge < -0.3 is 5.11 Å². The van der Waals surface area contributed by atoms with Crippen molar-refractivity contribution in [3.05, 3.63) is 28.5 Å². The van der Waals surface area contributed by atoms with Crippen LogP contribution >= 0.6 is 15.9 Å². The van der Waals surface area contributed by atoms with Gasteiger partial charge >= 0.3 is 0 Å². The van der Waals surface area contributed by atoms with Gasteiger partial charge in [0.25, 0.3) is 0 Å². The van der Waals surface area contributed by atoms with Gasteiger partial charge in [-0.15, -0.1) is 0 Å². The first-order valence-electron chi connectivity index (χ1n) is 6.06. The third-order valence-corrected chi connectivity index (χ3v) is 3.77. The Morgan fingerprint density at radius 3 is 2.53 bits per heavy atom. The number of aliphatic hydroxyl groups excluding tert-OH is 1. The molecule has 0 radical (unpaired) electrons. The van der Waals surface area contributed by atoms with E-state index in [-0.39, 0.29) is 11.5 Å². The Hall–Kier alpha value is -0.410. The third kappa shape index (κ3) is 5.17. The molecule has 0 aromatic carbocycles. The van der Waals surface area contributed by atoms with Crippen molar-refractivity contribution in [2.75, 3.05) is 0 Å². The van der Waals surface area contributed by atoms with Crippen molar-refractivity contribution in [3.63, 3.8) is 0 Å². The lowest BCUT2D eigenvalue weighted by Gasteiger charge is -2.29. The average molecular weight is 300 g/mol. The van der Waals surface area contributed by atoms with Crippen molar-refractivity contribution in [3.8, 4) is 0 Å². The Labute approximate surface area is 113 Å². The minimum atomic E-state index is -0.291. The fraction of sp³-hybridized carbons (Fsp3) is 0.643. The van der Waals surface area contributed by atoms with Crippen LogP contribution in [0.15, 0.2) is 22.9 Å². The lowest BCUT2D eigenvalue weighted by Crippen LogP contribution is -2.24. The molecule has 96 valence electrons. The van der Waals surface area contributed by atoms with Gasteiger partial charge in [0.2, 0.25) is 0 Å². The Morgan fingerprint density at radius 1 is 1.35 bits per heavy atom. The number of hydrogen-bond donors (Lipinski definition) is 1. The smallest absolute Gasteiger partial charge is 0.0583 e. The molecule has 2 atom stereocenters. The van der Waals surface area contributed by atoms with Gasteiger partial charge in [-0.05, 0) is 51.7 Å². The molecule has 0 bridgehead atoms. The monoisotopic (exact) mass is 299 g/mol. The molecule has 1 aromatic heterocycles.